The molecule has 0 radical (unpaired) electrons. The second kappa shape index (κ2) is 9.27. The van der Waals surface area contributed by atoms with Gasteiger partial charge in [-0.1, -0.05) is 26.8 Å². The summed E-state index contributed by atoms with van der Waals surface area (Å²) < 4.78 is 5.26. The average Bonchev–Trinajstić information content (AvgIpc) is 2.74. The van der Waals surface area contributed by atoms with Crippen molar-refractivity contribution >= 4 is 11.6 Å². The van der Waals surface area contributed by atoms with E-state index in [1.54, 1.807) is 13.3 Å². The molecule has 1 aromatic carbocycles. The zero-order valence-corrected chi connectivity index (χ0v) is 17.9. The van der Waals surface area contributed by atoms with Gasteiger partial charge in [0, 0.05) is 56.2 Å². The number of hydrogen-bond donors (Lipinski definition) is 1. The number of hydrogen-bond acceptors (Lipinski definition) is 5. The monoisotopic (exact) mass is 396 g/mol. The molecule has 0 saturated carbocycles. The second-order valence-corrected chi connectivity index (χ2v) is 8.48. The van der Waals surface area contributed by atoms with E-state index in [-0.39, 0.29) is 11.9 Å². The highest BCUT2D eigenvalue weighted by Gasteiger charge is 2.28. The van der Waals surface area contributed by atoms with E-state index in [9.17, 15) is 4.79 Å². The fraction of sp³-hybridized carbons (Fsp3) is 0.478. The molecule has 1 saturated heterocycles. The van der Waals surface area contributed by atoms with Crippen LogP contribution in [0.1, 0.15) is 32.4 Å². The van der Waals surface area contributed by atoms with E-state index in [2.05, 4.69) is 38.3 Å². The van der Waals surface area contributed by atoms with Crippen molar-refractivity contribution in [3.05, 3.63) is 54.4 Å². The Bertz CT molecular complexity index is 779. The number of nitrogens with one attached hydrogen (secondary N) is 1. The number of carbonyl (C=O) groups is 1. The Labute approximate surface area is 173 Å². The van der Waals surface area contributed by atoms with Crippen molar-refractivity contribution in [2.45, 2.75) is 26.8 Å². The predicted octanol–water partition coefficient (Wildman–Crippen LogP) is 3.12. The normalized spacial score (nSPS) is 16.3. The first kappa shape index (κ1) is 21.1. The molecule has 1 aliphatic rings. The summed E-state index contributed by atoms with van der Waals surface area (Å²) in [7, 11) is 1.69. The molecule has 0 spiro atoms. The topological polar surface area (TPSA) is 57.7 Å². The summed E-state index contributed by atoms with van der Waals surface area (Å²) in [5, 5.41) is 3.14. The lowest BCUT2D eigenvalue weighted by Gasteiger charge is -2.40. The van der Waals surface area contributed by atoms with Gasteiger partial charge in [-0.3, -0.25) is 14.7 Å². The maximum Gasteiger partial charge on any atom is 0.225 e. The first-order valence-corrected chi connectivity index (χ1v) is 10.2. The van der Waals surface area contributed by atoms with Crippen LogP contribution < -0.4 is 15.0 Å². The van der Waals surface area contributed by atoms with Crippen LogP contribution in [0.4, 0.5) is 5.69 Å². The summed E-state index contributed by atoms with van der Waals surface area (Å²) in [6.07, 6.45) is 3.69. The number of amides is 1. The van der Waals surface area contributed by atoms with Crippen LogP contribution in [0.25, 0.3) is 0 Å². The van der Waals surface area contributed by atoms with Gasteiger partial charge >= 0.3 is 0 Å². The summed E-state index contributed by atoms with van der Waals surface area (Å²) >= 11 is 0. The smallest absolute Gasteiger partial charge is 0.225 e. The fourth-order valence-corrected chi connectivity index (χ4v) is 3.57. The Morgan fingerprint density at radius 2 is 1.83 bits per heavy atom. The number of pyridine rings is 1. The summed E-state index contributed by atoms with van der Waals surface area (Å²) in [5.74, 6) is 0.946. The molecule has 6 heteroatoms. The van der Waals surface area contributed by atoms with E-state index in [1.807, 2.05) is 45.2 Å². The number of benzene rings is 1. The maximum atomic E-state index is 12.4. The summed E-state index contributed by atoms with van der Waals surface area (Å²) in [6, 6.07) is 12.4. The van der Waals surface area contributed by atoms with Crippen LogP contribution in [0.15, 0.2) is 48.8 Å². The molecule has 6 nitrogen and oxygen atoms in total. The first-order valence-electron chi connectivity index (χ1n) is 10.2. The van der Waals surface area contributed by atoms with Gasteiger partial charge in [0.15, 0.2) is 0 Å². The van der Waals surface area contributed by atoms with Crippen molar-refractivity contribution in [2.24, 2.45) is 5.41 Å². The van der Waals surface area contributed by atoms with Crippen LogP contribution in [-0.4, -0.2) is 55.6 Å². The Morgan fingerprint density at radius 3 is 2.38 bits per heavy atom. The van der Waals surface area contributed by atoms with Gasteiger partial charge < -0.3 is 15.0 Å². The molecule has 0 unspecified atom stereocenters. The molecule has 2 heterocycles. The molecule has 156 valence electrons. The molecule has 29 heavy (non-hydrogen) atoms. The van der Waals surface area contributed by atoms with Crippen LogP contribution in [0.2, 0.25) is 0 Å². The van der Waals surface area contributed by atoms with Gasteiger partial charge in [-0.15, -0.1) is 0 Å². The van der Waals surface area contributed by atoms with E-state index >= 15 is 0 Å². The molecular formula is C23H32N4O2. The maximum absolute atomic E-state index is 12.4. The Kier molecular flexibility index (Phi) is 6.75. The van der Waals surface area contributed by atoms with Gasteiger partial charge in [-0.05, 0) is 35.9 Å². The summed E-state index contributed by atoms with van der Waals surface area (Å²) in [6.45, 7) is 10.1. The molecule has 0 aliphatic carbocycles. The minimum Gasteiger partial charge on any atom is -0.497 e. The van der Waals surface area contributed by atoms with Gasteiger partial charge in [0.05, 0.1) is 13.2 Å². The zero-order chi connectivity index (χ0) is 20.9. The highest BCUT2D eigenvalue weighted by molar-refractivity contribution is 5.81. The molecule has 1 aliphatic heterocycles. The third kappa shape index (κ3) is 5.48. The molecule has 1 atom stereocenters. The molecular weight excluding hydrogens is 364 g/mol. The Hall–Kier alpha value is -2.60. The number of rotatable bonds is 6. The lowest BCUT2D eigenvalue weighted by molar-refractivity contribution is -0.128. The number of carbonyl (C=O) groups excluding carboxylic acids is 1. The number of ether oxygens (including phenoxy) is 1. The lowest BCUT2D eigenvalue weighted by Crippen LogP contribution is -2.50. The van der Waals surface area contributed by atoms with Crippen molar-refractivity contribution in [1.82, 2.24) is 15.2 Å². The zero-order valence-electron chi connectivity index (χ0n) is 17.9. The van der Waals surface area contributed by atoms with Crippen LogP contribution in [0.3, 0.4) is 0 Å². The minimum absolute atomic E-state index is 0.0725. The van der Waals surface area contributed by atoms with Crippen molar-refractivity contribution in [2.75, 3.05) is 44.7 Å². The summed E-state index contributed by atoms with van der Waals surface area (Å²) in [5.41, 5.74) is 1.95. The molecule has 3 rings (SSSR count). The summed E-state index contributed by atoms with van der Waals surface area (Å²) in [4.78, 5) is 21.5. The molecule has 1 fully saturated rings. The van der Waals surface area contributed by atoms with Gasteiger partial charge in [0.25, 0.3) is 0 Å². The van der Waals surface area contributed by atoms with E-state index in [4.69, 9.17) is 4.74 Å². The Balaban J connectivity index is 1.66. The van der Waals surface area contributed by atoms with Crippen molar-refractivity contribution in [3.8, 4) is 5.75 Å². The largest absolute Gasteiger partial charge is 0.497 e. The number of piperazine rings is 1. The van der Waals surface area contributed by atoms with Gasteiger partial charge in [-0.25, -0.2) is 0 Å². The van der Waals surface area contributed by atoms with Crippen LogP contribution >= 0.6 is 0 Å². The molecule has 2 aromatic rings. The molecule has 1 aromatic heterocycles. The van der Waals surface area contributed by atoms with Gasteiger partial charge in [-0.2, -0.15) is 0 Å². The molecule has 0 bridgehead atoms. The first-order chi connectivity index (χ1) is 13.9. The predicted molar refractivity (Wildman–Crippen MR) is 116 cm³/mol. The van der Waals surface area contributed by atoms with Crippen LogP contribution in [-0.2, 0) is 4.79 Å². The highest BCUT2D eigenvalue weighted by atomic mass is 16.5. The van der Waals surface area contributed by atoms with Crippen molar-refractivity contribution in [1.29, 1.82) is 0 Å². The average molecular weight is 397 g/mol. The van der Waals surface area contributed by atoms with Crippen LogP contribution in [0, 0.1) is 5.41 Å². The molecule has 1 amide bonds. The third-order valence-corrected chi connectivity index (χ3v) is 5.40. The van der Waals surface area contributed by atoms with Gasteiger partial charge in [0.2, 0.25) is 5.91 Å². The van der Waals surface area contributed by atoms with E-state index in [1.165, 1.54) is 5.69 Å². The quantitative estimate of drug-likeness (QED) is 0.813. The van der Waals surface area contributed by atoms with Gasteiger partial charge in [0.1, 0.15) is 5.75 Å². The van der Waals surface area contributed by atoms with E-state index in [0.717, 1.165) is 37.5 Å². The van der Waals surface area contributed by atoms with E-state index in [0.29, 0.717) is 6.54 Å². The minimum atomic E-state index is -0.396. The second-order valence-electron chi connectivity index (χ2n) is 8.48. The Morgan fingerprint density at radius 1 is 1.14 bits per heavy atom. The standard InChI is InChI=1S/C23H32N4O2/c1-23(2,3)22(28)25-17-21(18-6-5-11-24-16-18)27-14-12-26(13-15-27)19-7-9-20(29-4)10-8-19/h5-11,16,21H,12-15,17H2,1-4H3,(H,25,28)/t21-/m1/s1. The van der Waals surface area contributed by atoms with Crippen molar-refractivity contribution in [3.63, 3.8) is 0 Å². The SMILES string of the molecule is COc1ccc(N2CCN([C@H](CNC(=O)C(C)(C)C)c3cccnc3)CC2)cc1. The lowest BCUT2D eigenvalue weighted by atomic mass is 9.95. The fourth-order valence-electron chi connectivity index (χ4n) is 3.57. The number of nitrogens with zero attached hydrogens (tertiary/aromatic N) is 3. The van der Waals surface area contributed by atoms with Crippen molar-refractivity contribution < 1.29 is 9.53 Å². The molecule has 1 N–H and O–H groups in total. The van der Waals surface area contributed by atoms with Crippen LogP contribution in [0.5, 0.6) is 5.75 Å². The number of anilines is 1. The number of aromatic nitrogens is 1. The number of methoxy groups -OCH3 is 1. The third-order valence-electron chi connectivity index (χ3n) is 5.40. The highest BCUT2D eigenvalue weighted by Crippen LogP contribution is 2.25. The van der Waals surface area contributed by atoms with E-state index < -0.39 is 5.41 Å².